The van der Waals surface area contributed by atoms with Crippen molar-refractivity contribution in [2.24, 2.45) is 0 Å². The second-order valence-corrected chi connectivity index (χ2v) is 13.3. The van der Waals surface area contributed by atoms with Gasteiger partial charge in [0.05, 0.1) is 0 Å². The summed E-state index contributed by atoms with van der Waals surface area (Å²) in [5, 5.41) is 9.34. The van der Waals surface area contributed by atoms with Crippen LogP contribution in [-0.4, -0.2) is 30.4 Å². The van der Waals surface area contributed by atoms with E-state index in [1.54, 1.807) is 6.92 Å². The molecule has 0 fully saturated rings. The Morgan fingerprint density at radius 1 is 0.727 bits per heavy atom. The molecule has 4 heteroatoms. The predicted molar refractivity (Wildman–Crippen MR) is 182 cm³/mol. The van der Waals surface area contributed by atoms with Crippen LogP contribution in [0.1, 0.15) is 70.7 Å². The Balaban J connectivity index is 1.53. The van der Waals surface area contributed by atoms with Crippen molar-refractivity contribution in [3.05, 3.63) is 119 Å². The summed E-state index contributed by atoms with van der Waals surface area (Å²) < 4.78 is 11.3. The van der Waals surface area contributed by atoms with Crippen molar-refractivity contribution in [3.63, 3.8) is 0 Å². The monoisotopic (exact) mass is 590 g/mol. The topological polar surface area (TPSA) is 55.8 Å². The third-order valence-corrected chi connectivity index (χ3v) is 7.77. The zero-order chi connectivity index (χ0) is 31.9. The zero-order valence-electron chi connectivity index (χ0n) is 27.2. The van der Waals surface area contributed by atoms with Crippen LogP contribution in [0, 0.1) is 0 Å². The number of carbonyl (C=O) groups is 1. The van der Waals surface area contributed by atoms with Crippen molar-refractivity contribution in [3.8, 4) is 28.0 Å². The van der Waals surface area contributed by atoms with E-state index in [1.807, 2.05) is 30.3 Å². The minimum Gasteiger partial charge on any atom is -0.490 e. The molecule has 4 aromatic carbocycles. The molecule has 0 unspecified atom stereocenters. The first kappa shape index (κ1) is 32.8. The Morgan fingerprint density at radius 2 is 1.23 bits per heavy atom. The molecule has 230 valence electrons. The Labute approximate surface area is 263 Å². The van der Waals surface area contributed by atoms with Crippen molar-refractivity contribution in [1.82, 2.24) is 0 Å². The van der Waals surface area contributed by atoms with Gasteiger partial charge in [0.1, 0.15) is 12.4 Å². The van der Waals surface area contributed by atoms with E-state index in [-0.39, 0.29) is 10.8 Å². The number of rotatable bonds is 11. The van der Waals surface area contributed by atoms with E-state index in [9.17, 15) is 9.90 Å². The predicted octanol–water partition coefficient (Wildman–Crippen LogP) is 9.74. The SMILES string of the molecule is CCO[C@@H](Cc1ccc(OCC=Cc2cc(-c3ccc(C(C)(C)C)cc3)cc(-c3ccc(C(C)(C)C)cc3)c2)cc1)C(=O)O. The van der Waals surface area contributed by atoms with Gasteiger partial charge in [-0.2, -0.15) is 0 Å². The average Bonchev–Trinajstić information content (AvgIpc) is 2.99. The summed E-state index contributed by atoms with van der Waals surface area (Å²) in [6.07, 6.45) is 3.61. The maximum atomic E-state index is 11.4. The Bertz CT molecular complexity index is 1470. The maximum absolute atomic E-state index is 11.4. The van der Waals surface area contributed by atoms with Crippen LogP contribution in [0.2, 0.25) is 0 Å². The molecule has 44 heavy (non-hydrogen) atoms. The largest absolute Gasteiger partial charge is 0.490 e. The standard InChI is InChI=1S/C40H46O4/c1-8-43-37(38(41)42)26-28-11-21-36(22-12-28)44-23-9-10-29-24-32(30-13-17-34(18-14-30)39(2,3)4)27-33(25-29)31-15-19-35(20-16-31)40(5,6)7/h9-22,24-25,27,37H,8,23,26H2,1-7H3,(H,41,42)/t37-/m0/s1. The van der Waals surface area contributed by atoms with Gasteiger partial charge in [-0.25, -0.2) is 4.79 Å². The van der Waals surface area contributed by atoms with Crippen LogP contribution < -0.4 is 4.74 Å². The highest BCUT2D eigenvalue weighted by atomic mass is 16.5. The Morgan fingerprint density at radius 3 is 1.66 bits per heavy atom. The fraction of sp³-hybridized carbons (Fsp3) is 0.325. The summed E-state index contributed by atoms with van der Waals surface area (Å²) in [5.41, 5.74) is 9.56. The lowest BCUT2D eigenvalue weighted by molar-refractivity contribution is -0.149. The van der Waals surface area contributed by atoms with Crippen LogP contribution in [0.4, 0.5) is 0 Å². The summed E-state index contributed by atoms with van der Waals surface area (Å²) in [6, 6.07) is 32.0. The van der Waals surface area contributed by atoms with Gasteiger partial charge in [0.15, 0.2) is 6.10 Å². The summed E-state index contributed by atoms with van der Waals surface area (Å²) in [4.78, 5) is 11.4. The normalized spacial score (nSPS) is 12.8. The molecule has 0 aromatic heterocycles. The summed E-state index contributed by atoms with van der Waals surface area (Å²) >= 11 is 0. The molecule has 0 radical (unpaired) electrons. The second kappa shape index (κ2) is 14.1. The number of hydrogen-bond acceptors (Lipinski definition) is 3. The second-order valence-electron chi connectivity index (χ2n) is 13.3. The van der Waals surface area contributed by atoms with Gasteiger partial charge in [-0.05, 0) is 98.7 Å². The van der Waals surface area contributed by atoms with E-state index < -0.39 is 12.1 Å². The van der Waals surface area contributed by atoms with Crippen LogP contribution >= 0.6 is 0 Å². The molecule has 0 amide bonds. The minimum absolute atomic E-state index is 0.105. The number of benzene rings is 4. The molecular weight excluding hydrogens is 544 g/mol. The number of carboxylic acids is 1. The van der Waals surface area contributed by atoms with Crippen LogP contribution in [0.3, 0.4) is 0 Å². The summed E-state index contributed by atoms with van der Waals surface area (Å²) in [5.74, 6) is -0.220. The Kier molecular flexibility index (Phi) is 10.5. The zero-order valence-corrected chi connectivity index (χ0v) is 27.2. The quantitative estimate of drug-likeness (QED) is 0.189. The molecule has 0 saturated carbocycles. The highest BCUT2D eigenvalue weighted by Crippen LogP contribution is 2.32. The molecule has 0 aliphatic rings. The van der Waals surface area contributed by atoms with E-state index in [1.165, 1.54) is 33.4 Å². The number of hydrogen-bond donors (Lipinski definition) is 1. The maximum Gasteiger partial charge on any atom is 0.333 e. The van der Waals surface area contributed by atoms with Crippen LogP contribution in [0.25, 0.3) is 28.3 Å². The number of ether oxygens (including phenoxy) is 2. The lowest BCUT2D eigenvalue weighted by Gasteiger charge is -2.20. The Hall–Kier alpha value is -4.15. The van der Waals surface area contributed by atoms with Crippen molar-refractivity contribution in [2.45, 2.75) is 71.8 Å². The first-order valence-corrected chi connectivity index (χ1v) is 15.4. The summed E-state index contributed by atoms with van der Waals surface area (Å²) in [7, 11) is 0. The molecule has 0 aliphatic carbocycles. The third kappa shape index (κ3) is 8.93. The van der Waals surface area contributed by atoms with Crippen LogP contribution in [0.5, 0.6) is 5.75 Å². The molecule has 0 saturated heterocycles. The molecule has 0 spiro atoms. The van der Waals surface area contributed by atoms with Crippen LogP contribution in [-0.2, 0) is 26.8 Å². The molecule has 4 aromatic rings. The molecule has 4 rings (SSSR count). The highest BCUT2D eigenvalue weighted by molar-refractivity contribution is 5.77. The average molecular weight is 591 g/mol. The van der Waals surface area contributed by atoms with Gasteiger partial charge < -0.3 is 14.6 Å². The van der Waals surface area contributed by atoms with E-state index in [0.29, 0.717) is 19.6 Å². The van der Waals surface area contributed by atoms with E-state index >= 15 is 0 Å². The van der Waals surface area contributed by atoms with Gasteiger partial charge in [-0.3, -0.25) is 0 Å². The molecular formula is C40H46O4. The highest BCUT2D eigenvalue weighted by Gasteiger charge is 2.18. The van der Waals surface area contributed by atoms with Crippen molar-refractivity contribution in [2.75, 3.05) is 13.2 Å². The fourth-order valence-corrected chi connectivity index (χ4v) is 5.09. The van der Waals surface area contributed by atoms with Gasteiger partial charge in [0, 0.05) is 13.0 Å². The smallest absolute Gasteiger partial charge is 0.333 e. The molecule has 1 N–H and O–H groups in total. The minimum atomic E-state index is -0.951. The first-order valence-electron chi connectivity index (χ1n) is 15.4. The van der Waals surface area contributed by atoms with Gasteiger partial charge in [-0.15, -0.1) is 0 Å². The lowest BCUT2D eigenvalue weighted by Crippen LogP contribution is -2.26. The molecule has 0 heterocycles. The van der Waals surface area contributed by atoms with E-state index in [2.05, 4.69) is 114 Å². The summed E-state index contributed by atoms with van der Waals surface area (Å²) in [6.45, 7) is 16.0. The van der Waals surface area contributed by atoms with Crippen molar-refractivity contribution in [1.29, 1.82) is 0 Å². The van der Waals surface area contributed by atoms with Gasteiger partial charge in [0.2, 0.25) is 0 Å². The van der Waals surface area contributed by atoms with Crippen LogP contribution in [0.15, 0.2) is 97.1 Å². The van der Waals surface area contributed by atoms with E-state index in [0.717, 1.165) is 16.9 Å². The van der Waals surface area contributed by atoms with Crippen molar-refractivity contribution < 1.29 is 19.4 Å². The molecule has 1 atom stereocenters. The third-order valence-electron chi connectivity index (χ3n) is 7.77. The van der Waals surface area contributed by atoms with Gasteiger partial charge >= 0.3 is 5.97 Å². The lowest BCUT2D eigenvalue weighted by atomic mass is 9.85. The number of carboxylic acid groups (broad SMARTS) is 1. The molecule has 0 bridgehead atoms. The fourth-order valence-electron chi connectivity index (χ4n) is 5.09. The number of aliphatic carboxylic acids is 1. The van der Waals surface area contributed by atoms with Crippen molar-refractivity contribution >= 4 is 12.0 Å². The molecule has 4 nitrogen and oxygen atoms in total. The van der Waals surface area contributed by atoms with Gasteiger partial charge in [0.25, 0.3) is 0 Å². The molecule has 0 aliphatic heterocycles. The first-order chi connectivity index (χ1) is 20.8. The van der Waals surface area contributed by atoms with E-state index in [4.69, 9.17) is 9.47 Å². The van der Waals surface area contributed by atoms with Gasteiger partial charge in [-0.1, -0.05) is 108 Å².